The van der Waals surface area contributed by atoms with Crippen LogP contribution in [-0.2, 0) is 6.54 Å². The van der Waals surface area contributed by atoms with Crippen LogP contribution in [0.15, 0.2) is 18.3 Å². The summed E-state index contributed by atoms with van der Waals surface area (Å²) in [5.74, 6) is -0.915. The molecule has 2 aromatic rings. The number of hydrogen-bond donors (Lipinski definition) is 1. The van der Waals surface area contributed by atoms with Gasteiger partial charge in [-0.3, -0.25) is 4.90 Å². The number of fused-ring (bicyclic) bond motifs is 1. The van der Waals surface area contributed by atoms with E-state index in [-0.39, 0.29) is 5.56 Å². The quantitative estimate of drug-likeness (QED) is 0.896. The van der Waals surface area contributed by atoms with E-state index in [4.69, 9.17) is 5.11 Å². The molecule has 0 fully saturated rings. The van der Waals surface area contributed by atoms with E-state index >= 15 is 0 Å². The van der Waals surface area contributed by atoms with Crippen LogP contribution in [0.3, 0.4) is 0 Å². The molecular weight excluding hydrogens is 242 g/mol. The van der Waals surface area contributed by atoms with Crippen LogP contribution in [0, 0.1) is 6.92 Å². The molecule has 0 aliphatic carbocycles. The summed E-state index contributed by atoms with van der Waals surface area (Å²) in [7, 11) is 0. The molecule has 0 aromatic carbocycles. The van der Waals surface area contributed by atoms with Gasteiger partial charge in [-0.25, -0.2) is 9.78 Å². The molecule has 0 saturated heterocycles. The minimum absolute atomic E-state index is 0.283. The van der Waals surface area contributed by atoms with Crippen LogP contribution in [0.25, 0.3) is 5.65 Å². The predicted octanol–water partition coefficient (Wildman–Crippen LogP) is 2.18. The molecule has 0 saturated carbocycles. The maximum Gasteiger partial charge on any atom is 0.337 e. The van der Waals surface area contributed by atoms with Crippen LogP contribution in [0.4, 0.5) is 0 Å². The van der Waals surface area contributed by atoms with Crippen molar-refractivity contribution in [2.45, 2.75) is 27.3 Å². The maximum atomic E-state index is 11.1. The van der Waals surface area contributed by atoms with Gasteiger partial charge in [0.2, 0.25) is 0 Å². The second kappa shape index (κ2) is 5.40. The number of rotatable bonds is 5. The monoisotopic (exact) mass is 261 g/mol. The molecule has 0 aliphatic heterocycles. The Morgan fingerprint density at radius 2 is 2.05 bits per heavy atom. The lowest BCUT2D eigenvalue weighted by molar-refractivity contribution is 0.0696. The van der Waals surface area contributed by atoms with Gasteiger partial charge in [-0.2, -0.15) is 0 Å². The Balaban J connectivity index is 2.49. The molecule has 5 heteroatoms. The molecule has 0 unspecified atom stereocenters. The van der Waals surface area contributed by atoms with E-state index < -0.39 is 5.97 Å². The second-order valence-electron chi connectivity index (χ2n) is 4.56. The Hall–Kier alpha value is -1.88. The first-order valence-corrected chi connectivity index (χ1v) is 6.50. The summed E-state index contributed by atoms with van der Waals surface area (Å²) in [6.45, 7) is 8.90. The van der Waals surface area contributed by atoms with Crippen LogP contribution in [-0.4, -0.2) is 38.4 Å². The van der Waals surface area contributed by atoms with Gasteiger partial charge in [0.1, 0.15) is 5.65 Å². The van der Waals surface area contributed by atoms with E-state index in [1.54, 1.807) is 18.3 Å². The van der Waals surface area contributed by atoms with E-state index in [0.717, 1.165) is 36.7 Å². The Kier molecular flexibility index (Phi) is 3.85. The molecule has 0 aliphatic rings. The zero-order valence-electron chi connectivity index (χ0n) is 11.6. The molecule has 19 heavy (non-hydrogen) atoms. The highest BCUT2D eigenvalue weighted by atomic mass is 16.4. The van der Waals surface area contributed by atoms with Crippen LogP contribution in [0.5, 0.6) is 0 Å². The lowest BCUT2D eigenvalue weighted by Gasteiger charge is -2.18. The fourth-order valence-corrected chi connectivity index (χ4v) is 2.19. The van der Waals surface area contributed by atoms with E-state index in [0.29, 0.717) is 0 Å². The third-order valence-electron chi connectivity index (χ3n) is 3.43. The Morgan fingerprint density at radius 3 is 2.63 bits per heavy atom. The molecule has 2 heterocycles. The van der Waals surface area contributed by atoms with Gasteiger partial charge in [0.05, 0.1) is 17.0 Å². The van der Waals surface area contributed by atoms with Gasteiger partial charge in [-0.05, 0) is 32.1 Å². The van der Waals surface area contributed by atoms with Crippen molar-refractivity contribution in [2.75, 3.05) is 13.1 Å². The number of aromatic nitrogens is 2. The third kappa shape index (κ3) is 2.61. The average molecular weight is 261 g/mol. The van der Waals surface area contributed by atoms with E-state index in [9.17, 15) is 4.79 Å². The highest BCUT2D eigenvalue weighted by molar-refractivity contribution is 5.87. The number of aromatic carboxylic acids is 1. The third-order valence-corrected chi connectivity index (χ3v) is 3.43. The van der Waals surface area contributed by atoms with Gasteiger partial charge in [-0.1, -0.05) is 13.8 Å². The highest BCUT2D eigenvalue weighted by Crippen LogP contribution is 2.15. The predicted molar refractivity (Wildman–Crippen MR) is 73.5 cm³/mol. The van der Waals surface area contributed by atoms with Crippen molar-refractivity contribution in [2.24, 2.45) is 0 Å². The molecule has 0 amide bonds. The Labute approximate surface area is 112 Å². The minimum atomic E-state index is -0.915. The van der Waals surface area contributed by atoms with Crippen LogP contribution < -0.4 is 0 Å². The highest BCUT2D eigenvalue weighted by Gasteiger charge is 2.13. The molecule has 0 spiro atoms. The number of imidazole rings is 1. The van der Waals surface area contributed by atoms with Crippen LogP contribution in [0.1, 0.15) is 35.6 Å². The molecule has 2 rings (SSSR count). The van der Waals surface area contributed by atoms with Gasteiger partial charge in [0.15, 0.2) is 0 Å². The molecule has 2 aromatic heterocycles. The van der Waals surface area contributed by atoms with E-state index in [1.807, 2.05) is 11.3 Å². The second-order valence-corrected chi connectivity index (χ2v) is 4.56. The standard InChI is InChI=1S/C14H19N3O2/c1-4-16(5-2)9-12-10(3)15-13-7-6-11(14(18)19)8-17(12)13/h6-8H,4-5,9H2,1-3H3,(H,18,19). The van der Waals surface area contributed by atoms with Gasteiger partial charge in [-0.15, -0.1) is 0 Å². The molecule has 5 nitrogen and oxygen atoms in total. The van der Waals surface area contributed by atoms with Crippen molar-refractivity contribution in [3.63, 3.8) is 0 Å². The first-order chi connectivity index (χ1) is 9.06. The lowest BCUT2D eigenvalue weighted by atomic mass is 10.2. The summed E-state index contributed by atoms with van der Waals surface area (Å²) >= 11 is 0. The largest absolute Gasteiger partial charge is 0.478 e. The van der Waals surface area contributed by atoms with Gasteiger partial charge in [0, 0.05) is 12.7 Å². The fraction of sp³-hybridized carbons (Fsp3) is 0.429. The SMILES string of the molecule is CCN(CC)Cc1c(C)nc2ccc(C(=O)O)cn12. The van der Waals surface area contributed by atoms with Crippen LogP contribution in [0.2, 0.25) is 0 Å². The summed E-state index contributed by atoms with van der Waals surface area (Å²) in [6.07, 6.45) is 1.65. The minimum Gasteiger partial charge on any atom is -0.478 e. The lowest BCUT2D eigenvalue weighted by Crippen LogP contribution is -2.23. The number of aryl methyl sites for hydroxylation is 1. The maximum absolute atomic E-state index is 11.1. The summed E-state index contributed by atoms with van der Waals surface area (Å²) in [5, 5.41) is 9.07. The zero-order chi connectivity index (χ0) is 14.0. The zero-order valence-corrected chi connectivity index (χ0v) is 11.6. The normalized spacial score (nSPS) is 11.4. The summed E-state index contributed by atoms with van der Waals surface area (Å²) in [6, 6.07) is 3.34. The first-order valence-electron chi connectivity index (χ1n) is 6.50. The molecule has 1 N–H and O–H groups in total. The van der Waals surface area contributed by atoms with Crippen molar-refractivity contribution in [3.05, 3.63) is 35.3 Å². The van der Waals surface area contributed by atoms with E-state index in [2.05, 4.69) is 23.7 Å². The van der Waals surface area contributed by atoms with Crippen LogP contribution >= 0.6 is 0 Å². The summed E-state index contributed by atoms with van der Waals surface area (Å²) < 4.78 is 1.89. The number of carboxylic acid groups (broad SMARTS) is 1. The number of hydrogen-bond acceptors (Lipinski definition) is 3. The first kappa shape index (κ1) is 13.5. The smallest absolute Gasteiger partial charge is 0.337 e. The Bertz CT molecular complexity index is 600. The fourth-order valence-electron chi connectivity index (χ4n) is 2.19. The molecular formula is C14H19N3O2. The topological polar surface area (TPSA) is 57.8 Å². The van der Waals surface area contributed by atoms with Crippen molar-refractivity contribution in [1.29, 1.82) is 0 Å². The van der Waals surface area contributed by atoms with E-state index in [1.165, 1.54) is 0 Å². The number of nitrogens with zero attached hydrogens (tertiary/aromatic N) is 3. The van der Waals surface area contributed by atoms with Crippen molar-refractivity contribution in [1.82, 2.24) is 14.3 Å². The van der Waals surface area contributed by atoms with Crippen molar-refractivity contribution >= 4 is 11.6 Å². The van der Waals surface area contributed by atoms with Gasteiger partial charge >= 0.3 is 5.97 Å². The Morgan fingerprint density at radius 1 is 1.37 bits per heavy atom. The average Bonchev–Trinajstić information content (AvgIpc) is 2.70. The molecule has 0 radical (unpaired) electrons. The van der Waals surface area contributed by atoms with Crippen molar-refractivity contribution in [3.8, 4) is 0 Å². The summed E-state index contributed by atoms with van der Waals surface area (Å²) in [5.41, 5.74) is 3.09. The number of carboxylic acids is 1. The molecule has 102 valence electrons. The molecule has 0 atom stereocenters. The number of pyridine rings is 1. The molecule has 0 bridgehead atoms. The van der Waals surface area contributed by atoms with Crippen molar-refractivity contribution < 1.29 is 9.90 Å². The van der Waals surface area contributed by atoms with Gasteiger partial charge < -0.3 is 9.51 Å². The van der Waals surface area contributed by atoms with Gasteiger partial charge in [0.25, 0.3) is 0 Å². The number of carbonyl (C=O) groups is 1. The summed E-state index contributed by atoms with van der Waals surface area (Å²) in [4.78, 5) is 17.8.